The summed E-state index contributed by atoms with van der Waals surface area (Å²) in [6.45, 7) is 4.68. The fraction of sp³-hybridized carbons (Fsp3) is 0.500. The summed E-state index contributed by atoms with van der Waals surface area (Å²) < 4.78 is 33.9. The van der Waals surface area contributed by atoms with Gasteiger partial charge in [0.05, 0.1) is 7.11 Å². The highest BCUT2D eigenvalue weighted by Crippen LogP contribution is 2.20. The number of rotatable bonds is 5. The molecule has 0 spiro atoms. The quantitative estimate of drug-likeness (QED) is 0.774. The van der Waals surface area contributed by atoms with Crippen molar-refractivity contribution in [3.05, 3.63) is 35.9 Å². The average Bonchev–Trinajstić information content (AvgIpc) is 2.96. The van der Waals surface area contributed by atoms with Crippen molar-refractivity contribution >= 4 is 10.0 Å². The van der Waals surface area contributed by atoms with E-state index in [0.29, 0.717) is 44.4 Å². The van der Waals surface area contributed by atoms with E-state index in [0.717, 1.165) is 5.56 Å². The number of ether oxygens (including phenoxy) is 1. The molecule has 3 heterocycles. The Hall–Kier alpha value is -1.97. The van der Waals surface area contributed by atoms with E-state index in [1.807, 2.05) is 12.1 Å². The van der Waals surface area contributed by atoms with Crippen molar-refractivity contribution in [1.82, 2.24) is 23.7 Å². The van der Waals surface area contributed by atoms with Crippen LogP contribution >= 0.6 is 0 Å². The minimum Gasteiger partial charge on any atom is -0.481 e. The molecule has 2 aromatic heterocycles. The van der Waals surface area contributed by atoms with Gasteiger partial charge in [-0.15, -0.1) is 0 Å². The van der Waals surface area contributed by atoms with Crippen molar-refractivity contribution in [2.45, 2.75) is 18.5 Å². The molecule has 0 saturated carbocycles. The zero-order chi connectivity index (χ0) is 18.0. The Balaban J connectivity index is 1.65. The molecular formula is C16H23N5O3S. The Morgan fingerprint density at radius 3 is 2.56 bits per heavy atom. The summed E-state index contributed by atoms with van der Waals surface area (Å²) in [6, 6.07) is 3.85. The molecule has 1 aliphatic heterocycles. The third-order valence-corrected chi connectivity index (χ3v) is 6.23. The second-order valence-corrected chi connectivity index (χ2v) is 7.97. The number of sulfonamides is 1. The number of piperazine rings is 1. The molecule has 136 valence electrons. The Labute approximate surface area is 148 Å². The number of methoxy groups -OCH3 is 1. The van der Waals surface area contributed by atoms with Crippen molar-refractivity contribution < 1.29 is 13.2 Å². The molecular weight excluding hydrogens is 342 g/mol. The van der Waals surface area contributed by atoms with Crippen LogP contribution in [0.25, 0.3) is 0 Å². The Bertz CT molecular complexity index is 822. The van der Waals surface area contributed by atoms with E-state index in [2.05, 4.69) is 14.9 Å². The van der Waals surface area contributed by atoms with Gasteiger partial charge >= 0.3 is 0 Å². The molecule has 3 rings (SSSR count). The largest absolute Gasteiger partial charge is 0.481 e. The smallest absolute Gasteiger partial charge is 0.262 e. The number of aryl methyl sites for hydroxylation is 2. The van der Waals surface area contributed by atoms with Crippen LogP contribution < -0.4 is 4.74 Å². The average molecular weight is 365 g/mol. The normalized spacial score (nSPS) is 16.9. The maximum Gasteiger partial charge on any atom is 0.262 e. The first-order chi connectivity index (χ1) is 11.9. The lowest BCUT2D eigenvalue weighted by atomic mass is 10.2. The lowest BCUT2D eigenvalue weighted by Crippen LogP contribution is -2.48. The molecule has 1 saturated heterocycles. The fourth-order valence-corrected chi connectivity index (χ4v) is 4.33. The maximum atomic E-state index is 12.7. The molecule has 1 aliphatic rings. The maximum absolute atomic E-state index is 12.7. The summed E-state index contributed by atoms with van der Waals surface area (Å²) in [5.74, 6) is 1.29. The predicted octanol–water partition coefficient (Wildman–Crippen LogP) is 0.639. The summed E-state index contributed by atoms with van der Waals surface area (Å²) >= 11 is 0. The van der Waals surface area contributed by atoms with Crippen molar-refractivity contribution in [2.75, 3.05) is 33.3 Å². The second-order valence-electron chi connectivity index (χ2n) is 6.09. The van der Waals surface area contributed by atoms with Crippen LogP contribution in [0.15, 0.2) is 29.6 Å². The highest BCUT2D eigenvalue weighted by atomic mass is 32.2. The van der Waals surface area contributed by atoms with Gasteiger partial charge in [-0.3, -0.25) is 4.90 Å². The lowest BCUT2D eigenvalue weighted by molar-refractivity contribution is 0.179. The number of imidazole rings is 1. The second kappa shape index (κ2) is 7.11. The standard InChI is InChI=1S/C16H23N5O3S/c1-13-18-15(12-19(13)2)25(22,23)21-9-7-20(8-10-21)11-14-5-4-6-17-16(14)24-3/h4-6,12H,7-11H2,1-3H3. The van der Waals surface area contributed by atoms with Crippen LogP contribution in [0.2, 0.25) is 0 Å². The third kappa shape index (κ3) is 3.68. The van der Waals surface area contributed by atoms with Gasteiger partial charge in [-0.05, 0) is 13.0 Å². The van der Waals surface area contributed by atoms with Crippen molar-refractivity contribution in [2.24, 2.45) is 7.05 Å². The minimum atomic E-state index is -3.54. The molecule has 8 nitrogen and oxygen atoms in total. The van der Waals surface area contributed by atoms with Crippen LogP contribution in [-0.2, 0) is 23.6 Å². The molecule has 1 fully saturated rings. The van der Waals surface area contributed by atoms with Gasteiger partial charge in [0, 0.05) is 57.7 Å². The van der Waals surface area contributed by atoms with Gasteiger partial charge < -0.3 is 9.30 Å². The van der Waals surface area contributed by atoms with Gasteiger partial charge in [0.2, 0.25) is 5.88 Å². The summed E-state index contributed by atoms with van der Waals surface area (Å²) in [6.07, 6.45) is 3.26. The first-order valence-electron chi connectivity index (χ1n) is 8.12. The number of hydrogen-bond donors (Lipinski definition) is 0. The molecule has 0 bridgehead atoms. The molecule has 0 radical (unpaired) electrons. The lowest BCUT2D eigenvalue weighted by Gasteiger charge is -2.33. The van der Waals surface area contributed by atoms with Gasteiger partial charge in [-0.2, -0.15) is 4.31 Å². The SMILES string of the molecule is COc1ncccc1CN1CCN(S(=O)(=O)c2cn(C)c(C)n2)CC1. The summed E-state index contributed by atoms with van der Waals surface area (Å²) in [5.41, 5.74) is 1.00. The van der Waals surface area contributed by atoms with Crippen LogP contribution in [0.1, 0.15) is 11.4 Å². The highest BCUT2D eigenvalue weighted by molar-refractivity contribution is 7.89. The number of hydrogen-bond acceptors (Lipinski definition) is 6. The van der Waals surface area contributed by atoms with Gasteiger partial charge in [0.15, 0.2) is 5.03 Å². The minimum absolute atomic E-state index is 0.120. The van der Waals surface area contributed by atoms with Crippen LogP contribution in [0.5, 0.6) is 5.88 Å². The summed E-state index contributed by atoms with van der Waals surface area (Å²) in [5, 5.41) is 0.120. The van der Waals surface area contributed by atoms with Gasteiger partial charge in [0.25, 0.3) is 10.0 Å². The molecule has 0 N–H and O–H groups in total. The Morgan fingerprint density at radius 2 is 1.96 bits per heavy atom. The summed E-state index contributed by atoms with van der Waals surface area (Å²) in [7, 11) is -0.141. The highest BCUT2D eigenvalue weighted by Gasteiger charge is 2.30. The molecule has 0 aromatic carbocycles. The zero-order valence-corrected chi connectivity index (χ0v) is 15.5. The van der Waals surface area contributed by atoms with E-state index in [1.54, 1.807) is 38.0 Å². The van der Waals surface area contributed by atoms with E-state index >= 15 is 0 Å². The van der Waals surface area contributed by atoms with E-state index in [1.165, 1.54) is 4.31 Å². The first-order valence-corrected chi connectivity index (χ1v) is 9.56. The van der Waals surface area contributed by atoms with Crippen LogP contribution in [-0.4, -0.2) is 65.4 Å². The third-order valence-electron chi connectivity index (χ3n) is 4.46. The first kappa shape index (κ1) is 17.8. The fourth-order valence-electron chi connectivity index (χ4n) is 2.88. The van der Waals surface area contributed by atoms with Crippen LogP contribution in [0, 0.1) is 6.92 Å². The molecule has 2 aromatic rings. The number of nitrogens with zero attached hydrogens (tertiary/aromatic N) is 5. The van der Waals surface area contributed by atoms with Crippen molar-refractivity contribution in [1.29, 1.82) is 0 Å². The Kier molecular flexibility index (Phi) is 5.07. The van der Waals surface area contributed by atoms with Crippen molar-refractivity contribution in [3.63, 3.8) is 0 Å². The van der Waals surface area contributed by atoms with Gasteiger partial charge in [0.1, 0.15) is 5.82 Å². The molecule has 0 unspecified atom stereocenters. The van der Waals surface area contributed by atoms with E-state index in [-0.39, 0.29) is 5.03 Å². The number of aromatic nitrogens is 3. The van der Waals surface area contributed by atoms with Crippen LogP contribution in [0.3, 0.4) is 0 Å². The van der Waals surface area contributed by atoms with E-state index in [9.17, 15) is 8.42 Å². The molecule has 0 aliphatic carbocycles. The predicted molar refractivity (Wildman–Crippen MR) is 92.8 cm³/mol. The van der Waals surface area contributed by atoms with Gasteiger partial charge in [-0.25, -0.2) is 18.4 Å². The number of pyridine rings is 1. The van der Waals surface area contributed by atoms with Crippen molar-refractivity contribution in [3.8, 4) is 5.88 Å². The molecule has 0 atom stereocenters. The molecule has 25 heavy (non-hydrogen) atoms. The molecule has 9 heteroatoms. The summed E-state index contributed by atoms with van der Waals surface area (Å²) in [4.78, 5) is 10.6. The molecule has 0 amide bonds. The van der Waals surface area contributed by atoms with E-state index < -0.39 is 10.0 Å². The van der Waals surface area contributed by atoms with Gasteiger partial charge in [-0.1, -0.05) is 6.07 Å². The zero-order valence-electron chi connectivity index (χ0n) is 14.7. The Morgan fingerprint density at radius 1 is 1.24 bits per heavy atom. The topological polar surface area (TPSA) is 80.6 Å². The monoisotopic (exact) mass is 365 g/mol. The van der Waals surface area contributed by atoms with E-state index in [4.69, 9.17) is 4.74 Å². The van der Waals surface area contributed by atoms with Crippen LogP contribution in [0.4, 0.5) is 0 Å².